The van der Waals surface area contributed by atoms with Crippen LogP contribution in [0.3, 0.4) is 0 Å². The molecular formula is C19H19ClN2S. The Kier molecular flexibility index (Phi) is 4.34. The molecule has 1 aliphatic heterocycles. The molecule has 4 heteroatoms. The fourth-order valence-electron chi connectivity index (χ4n) is 3.30. The van der Waals surface area contributed by atoms with Gasteiger partial charge in [0.1, 0.15) is 0 Å². The molecule has 1 aromatic heterocycles. The number of para-hydroxylation sites is 1. The molecule has 0 saturated carbocycles. The fraction of sp³-hybridized carbons (Fsp3) is 0.263. The molecule has 2 aromatic carbocycles. The maximum Gasteiger partial charge on any atom is 0.0768 e. The van der Waals surface area contributed by atoms with E-state index < -0.39 is 0 Å². The van der Waals surface area contributed by atoms with Crippen molar-refractivity contribution in [1.29, 1.82) is 0 Å². The van der Waals surface area contributed by atoms with Gasteiger partial charge in [-0.2, -0.15) is 0 Å². The van der Waals surface area contributed by atoms with Crippen molar-refractivity contribution in [3.05, 3.63) is 64.7 Å². The standard InChI is InChI=1S/C19H19ClN2S/c20-15-7-5-13(6-8-15)11-21-12-14-9-10-23-19-18(14)16-3-1-2-4-17(16)22-19/h1-8,14,21-22H,9-12H2. The van der Waals surface area contributed by atoms with Crippen molar-refractivity contribution in [3.8, 4) is 0 Å². The minimum absolute atomic E-state index is 0.578. The number of aromatic amines is 1. The number of aromatic nitrogens is 1. The Hall–Kier alpha value is -1.42. The molecule has 2 heterocycles. The molecule has 23 heavy (non-hydrogen) atoms. The van der Waals surface area contributed by atoms with Crippen LogP contribution in [0.1, 0.15) is 23.5 Å². The van der Waals surface area contributed by atoms with Gasteiger partial charge in [-0.1, -0.05) is 41.9 Å². The van der Waals surface area contributed by atoms with E-state index >= 15 is 0 Å². The fourth-order valence-corrected chi connectivity index (χ4v) is 4.65. The van der Waals surface area contributed by atoms with Crippen LogP contribution < -0.4 is 5.32 Å². The Labute approximate surface area is 145 Å². The van der Waals surface area contributed by atoms with E-state index in [4.69, 9.17) is 11.6 Å². The summed E-state index contributed by atoms with van der Waals surface area (Å²) in [6.07, 6.45) is 1.23. The molecule has 2 nitrogen and oxygen atoms in total. The van der Waals surface area contributed by atoms with Crippen LogP contribution in [-0.4, -0.2) is 17.3 Å². The first kappa shape index (κ1) is 15.1. The van der Waals surface area contributed by atoms with E-state index in [0.717, 1.165) is 18.1 Å². The molecule has 0 fully saturated rings. The number of hydrogen-bond acceptors (Lipinski definition) is 2. The highest BCUT2D eigenvalue weighted by atomic mass is 35.5. The molecule has 4 rings (SSSR count). The van der Waals surface area contributed by atoms with Gasteiger partial charge in [0.25, 0.3) is 0 Å². The first-order valence-corrected chi connectivity index (χ1v) is 9.36. The van der Waals surface area contributed by atoms with Crippen LogP contribution in [0.2, 0.25) is 5.02 Å². The molecular weight excluding hydrogens is 324 g/mol. The van der Waals surface area contributed by atoms with Gasteiger partial charge >= 0.3 is 0 Å². The highest BCUT2D eigenvalue weighted by Crippen LogP contribution is 2.41. The first-order valence-electron chi connectivity index (χ1n) is 8.00. The van der Waals surface area contributed by atoms with Crippen molar-refractivity contribution in [2.45, 2.75) is 23.9 Å². The molecule has 1 unspecified atom stereocenters. The van der Waals surface area contributed by atoms with Crippen LogP contribution in [0.5, 0.6) is 0 Å². The number of thioether (sulfide) groups is 1. The molecule has 2 N–H and O–H groups in total. The Balaban J connectivity index is 1.49. The van der Waals surface area contributed by atoms with Crippen molar-refractivity contribution in [2.24, 2.45) is 0 Å². The highest BCUT2D eigenvalue weighted by Gasteiger charge is 2.24. The molecule has 0 bridgehead atoms. The number of benzene rings is 2. The third-order valence-electron chi connectivity index (χ3n) is 4.46. The zero-order valence-corrected chi connectivity index (χ0v) is 14.4. The third-order valence-corrected chi connectivity index (χ3v) is 5.77. The Morgan fingerprint density at radius 1 is 1.13 bits per heavy atom. The molecule has 0 amide bonds. The number of hydrogen-bond donors (Lipinski definition) is 2. The summed E-state index contributed by atoms with van der Waals surface area (Å²) in [4.78, 5) is 3.58. The lowest BCUT2D eigenvalue weighted by molar-refractivity contribution is 0.563. The number of nitrogens with one attached hydrogen (secondary N) is 2. The van der Waals surface area contributed by atoms with Crippen molar-refractivity contribution in [1.82, 2.24) is 10.3 Å². The van der Waals surface area contributed by atoms with E-state index in [-0.39, 0.29) is 0 Å². The maximum atomic E-state index is 5.94. The zero-order chi connectivity index (χ0) is 15.6. The van der Waals surface area contributed by atoms with Crippen LogP contribution in [-0.2, 0) is 6.54 Å². The van der Waals surface area contributed by atoms with Gasteiger partial charge < -0.3 is 10.3 Å². The lowest BCUT2D eigenvalue weighted by Crippen LogP contribution is -2.23. The quantitative estimate of drug-likeness (QED) is 0.682. The van der Waals surface area contributed by atoms with Gasteiger partial charge in [-0.15, -0.1) is 11.8 Å². The average Bonchev–Trinajstić information content (AvgIpc) is 2.96. The topological polar surface area (TPSA) is 27.8 Å². The van der Waals surface area contributed by atoms with Gasteiger partial charge in [0.05, 0.1) is 5.03 Å². The summed E-state index contributed by atoms with van der Waals surface area (Å²) in [5, 5.41) is 7.15. The van der Waals surface area contributed by atoms with E-state index in [0.29, 0.717) is 5.92 Å². The average molecular weight is 343 g/mol. The van der Waals surface area contributed by atoms with Crippen molar-refractivity contribution in [2.75, 3.05) is 12.3 Å². The Morgan fingerprint density at radius 3 is 2.83 bits per heavy atom. The summed E-state index contributed by atoms with van der Waals surface area (Å²) in [5.74, 6) is 1.77. The van der Waals surface area contributed by atoms with Crippen molar-refractivity contribution >= 4 is 34.3 Å². The Morgan fingerprint density at radius 2 is 1.96 bits per heavy atom. The van der Waals surface area contributed by atoms with Crippen LogP contribution in [0.25, 0.3) is 10.9 Å². The van der Waals surface area contributed by atoms with Gasteiger partial charge in [0.2, 0.25) is 0 Å². The van der Waals surface area contributed by atoms with E-state index in [2.05, 4.69) is 46.7 Å². The van der Waals surface area contributed by atoms with Crippen molar-refractivity contribution < 1.29 is 0 Å². The first-order chi connectivity index (χ1) is 11.3. The smallest absolute Gasteiger partial charge is 0.0768 e. The molecule has 1 aliphatic rings. The molecule has 0 spiro atoms. The molecule has 0 radical (unpaired) electrons. The van der Waals surface area contributed by atoms with Crippen LogP contribution in [0, 0.1) is 0 Å². The van der Waals surface area contributed by atoms with Crippen LogP contribution in [0.15, 0.2) is 53.6 Å². The molecule has 0 saturated heterocycles. The van der Waals surface area contributed by atoms with Crippen molar-refractivity contribution in [3.63, 3.8) is 0 Å². The number of H-pyrrole nitrogens is 1. The van der Waals surface area contributed by atoms with Gasteiger partial charge in [0.15, 0.2) is 0 Å². The summed E-state index contributed by atoms with van der Waals surface area (Å²) in [5.41, 5.74) is 4.04. The lowest BCUT2D eigenvalue weighted by atomic mass is 9.95. The summed E-state index contributed by atoms with van der Waals surface area (Å²) < 4.78 is 0. The highest BCUT2D eigenvalue weighted by molar-refractivity contribution is 7.99. The minimum Gasteiger partial charge on any atom is -0.349 e. The summed E-state index contributed by atoms with van der Waals surface area (Å²) in [7, 11) is 0. The van der Waals surface area contributed by atoms with E-state index in [1.54, 1.807) is 0 Å². The summed E-state index contributed by atoms with van der Waals surface area (Å²) >= 11 is 7.89. The molecule has 1 atom stereocenters. The van der Waals surface area contributed by atoms with Gasteiger partial charge in [-0.25, -0.2) is 0 Å². The van der Waals surface area contributed by atoms with E-state index in [9.17, 15) is 0 Å². The molecule has 3 aromatic rings. The SMILES string of the molecule is Clc1ccc(CNCC2CCSc3[nH]c4ccccc4c32)cc1. The zero-order valence-electron chi connectivity index (χ0n) is 12.8. The van der Waals surface area contributed by atoms with E-state index in [1.165, 1.54) is 39.2 Å². The van der Waals surface area contributed by atoms with Crippen LogP contribution in [0.4, 0.5) is 0 Å². The molecule has 118 valence electrons. The monoisotopic (exact) mass is 342 g/mol. The van der Waals surface area contributed by atoms with E-state index in [1.807, 2.05) is 23.9 Å². The second-order valence-corrected chi connectivity index (χ2v) is 7.55. The predicted octanol–water partition coefficient (Wildman–Crippen LogP) is 5.19. The van der Waals surface area contributed by atoms with Gasteiger partial charge in [-0.3, -0.25) is 0 Å². The lowest BCUT2D eigenvalue weighted by Gasteiger charge is -2.23. The summed E-state index contributed by atoms with van der Waals surface area (Å²) in [6.45, 7) is 1.90. The largest absolute Gasteiger partial charge is 0.349 e. The van der Waals surface area contributed by atoms with Gasteiger partial charge in [0, 0.05) is 40.7 Å². The Bertz CT molecular complexity index is 810. The summed E-state index contributed by atoms with van der Waals surface area (Å²) in [6, 6.07) is 16.7. The maximum absolute atomic E-state index is 5.94. The normalized spacial score (nSPS) is 17.3. The third kappa shape index (κ3) is 3.14. The second kappa shape index (κ2) is 6.60. The number of rotatable bonds is 4. The minimum atomic E-state index is 0.578. The predicted molar refractivity (Wildman–Crippen MR) is 99.5 cm³/mol. The number of halogens is 1. The number of fused-ring (bicyclic) bond motifs is 3. The van der Waals surface area contributed by atoms with Crippen LogP contribution >= 0.6 is 23.4 Å². The second-order valence-electron chi connectivity index (χ2n) is 6.00. The molecule has 0 aliphatic carbocycles. The van der Waals surface area contributed by atoms with Gasteiger partial charge in [-0.05, 0) is 35.7 Å².